The van der Waals surface area contributed by atoms with E-state index in [1.165, 1.54) is 12.0 Å². The second-order valence-electron chi connectivity index (χ2n) is 5.96. The van der Waals surface area contributed by atoms with Crippen molar-refractivity contribution >= 4 is 11.6 Å². The number of nitrogens with two attached hydrogens (primary N) is 1. The van der Waals surface area contributed by atoms with Gasteiger partial charge in [0.25, 0.3) is 0 Å². The van der Waals surface area contributed by atoms with Gasteiger partial charge < -0.3 is 5.73 Å². The van der Waals surface area contributed by atoms with Gasteiger partial charge in [0.05, 0.1) is 0 Å². The summed E-state index contributed by atoms with van der Waals surface area (Å²) in [6.45, 7) is 6.60. The van der Waals surface area contributed by atoms with Crippen molar-refractivity contribution < 1.29 is 0 Å². The van der Waals surface area contributed by atoms with Gasteiger partial charge in [-0.05, 0) is 48.8 Å². The lowest BCUT2D eigenvalue weighted by molar-refractivity contribution is 0.339. The van der Waals surface area contributed by atoms with Gasteiger partial charge in [-0.15, -0.1) is 0 Å². The molecule has 1 aromatic rings. The monoisotopic (exact) mass is 237 g/mol. The van der Waals surface area contributed by atoms with Crippen LogP contribution in [-0.2, 0) is 5.54 Å². The molecule has 16 heavy (non-hydrogen) atoms. The molecule has 0 aromatic heterocycles. The molecule has 0 bridgehead atoms. The number of aryl methyl sites for hydroxylation is 1. The molecular weight excluding hydrogens is 218 g/mol. The maximum absolute atomic E-state index is 6.52. The Morgan fingerprint density at radius 1 is 1.25 bits per heavy atom. The van der Waals surface area contributed by atoms with Crippen LogP contribution in [-0.4, -0.2) is 0 Å². The Labute approximate surface area is 103 Å². The SMILES string of the molecule is Cc1ccc(C2(N)CCC(C)(C)C2)cc1Cl. The fraction of sp³-hybridized carbons (Fsp3) is 0.571. The van der Waals surface area contributed by atoms with Crippen molar-refractivity contribution in [2.45, 2.75) is 45.6 Å². The quantitative estimate of drug-likeness (QED) is 0.785. The highest BCUT2D eigenvalue weighted by Crippen LogP contribution is 2.47. The first-order chi connectivity index (χ1) is 7.32. The van der Waals surface area contributed by atoms with E-state index in [1.54, 1.807) is 0 Å². The van der Waals surface area contributed by atoms with Gasteiger partial charge in [-0.1, -0.05) is 37.6 Å². The molecular formula is C14H20ClN. The second-order valence-corrected chi connectivity index (χ2v) is 6.37. The molecule has 0 aliphatic heterocycles. The molecule has 2 rings (SSSR count). The molecule has 1 unspecified atom stereocenters. The van der Waals surface area contributed by atoms with E-state index in [0.29, 0.717) is 5.41 Å². The van der Waals surface area contributed by atoms with Gasteiger partial charge in [0.15, 0.2) is 0 Å². The lowest BCUT2D eigenvalue weighted by Crippen LogP contribution is -2.34. The number of hydrogen-bond donors (Lipinski definition) is 1. The van der Waals surface area contributed by atoms with Gasteiger partial charge in [-0.25, -0.2) is 0 Å². The minimum Gasteiger partial charge on any atom is -0.321 e. The standard InChI is InChI=1S/C14H20ClN/c1-10-4-5-11(8-12(10)15)14(16)7-6-13(2,3)9-14/h4-5,8H,6-7,9,16H2,1-3H3. The Kier molecular flexibility index (Phi) is 2.80. The van der Waals surface area contributed by atoms with Gasteiger partial charge in [0.1, 0.15) is 0 Å². The Morgan fingerprint density at radius 2 is 1.94 bits per heavy atom. The molecule has 0 amide bonds. The largest absolute Gasteiger partial charge is 0.321 e. The number of benzene rings is 1. The molecule has 1 saturated carbocycles. The van der Waals surface area contributed by atoms with Crippen molar-refractivity contribution in [3.63, 3.8) is 0 Å². The molecule has 0 heterocycles. The van der Waals surface area contributed by atoms with Crippen molar-refractivity contribution in [1.82, 2.24) is 0 Å². The maximum atomic E-state index is 6.52. The molecule has 0 saturated heterocycles. The average Bonchev–Trinajstić information content (AvgIpc) is 2.47. The molecule has 2 heteroatoms. The van der Waals surface area contributed by atoms with Crippen LogP contribution < -0.4 is 5.73 Å². The fourth-order valence-electron chi connectivity index (χ4n) is 2.74. The molecule has 0 radical (unpaired) electrons. The summed E-state index contributed by atoms with van der Waals surface area (Å²) in [6, 6.07) is 6.23. The first kappa shape index (κ1) is 11.9. The first-order valence-corrected chi connectivity index (χ1v) is 6.26. The Morgan fingerprint density at radius 3 is 2.44 bits per heavy atom. The normalized spacial score (nSPS) is 28.3. The molecule has 1 fully saturated rings. The van der Waals surface area contributed by atoms with Crippen LogP contribution in [0.5, 0.6) is 0 Å². The van der Waals surface area contributed by atoms with Gasteiger partial charge in [0, 0.05) is 10.6 Å². The zero-order valence-corrected chi connectivity index (χ0v) is 11.1. The van der Waals surface area contributed by atoms with Crippen LogP contribution in [0.15, 0.2) is 18.2 Å². The highest BCUT2D eigenvalue weighted by atomic mass is 35.5. The summed E-state index contributed by atoms with van der Waals surface area (Å²) in [5.74, 6) is 0. The molecule has 88 valence electrons. The molecule has 0 spiro atoms. The van der Waals surface area contributed by atoms with Gasteiger partial charge in [-0.3, -0.25) is 0 Å². The Balaban J connectivity index is 2.34. The summed E-state index contributed by atoms with van der Waals surface area (Å²) < 4.78 is 0. The van der Waals surface area contributed by atoms with E-state index in [1.807, 2.05) is 13.0 Å². The number of hydrogen-bond acceptors (Lipinski definition) is 1. The summed E-state index contributed by atoms with van der Waals surface area (Å²) in [6.07, 6.45) is 3.29. The van der Waals surface area contributed by atoms with Crippen molar-refractivity contribution in [2.75, 3.05) is 0 Å². The van der Waals surface area contributed by atoms with Crippen LogP contribution in [0, 0.1) is 12.3 Å². The molecule has 1 aromatic carbocycles. The Bertz CT molecular complexity index is 411. The minimum atomic E-state index is -0.180. The fourth-order valence-corrected chi connectivity index (χ4v) is 2.92. The minimum absolute atomic E-state index is 0.180. The first-order valence-electron chi connectivity index (χ1n) is 5.88. The summed E-state index contributed by atoms with van der Waals surface area (Å²) in [5, 5.41) is 0.826. The third-order valence-corrected chi connectivity index (χ3v) is 4.20. The third kappa shape index (κ3) is 2.11. The molecule has 1 nitrogen and oxygen atoms in total. The van der Waals surface area contributed by atoms with E-state index in [9.17, 15) is 0 Å². The van der Waals surface area contributed by atoms with Crippen LogP contribution in [0.4, 0.5) is 0 Å². The lowest BCUT2D eigenvalue weighted by Gasteiger charge is -2.27. The van der Waals surface area contributed by atoms with Crippen molar-refractivity contribution in [3.8, 4) is 0 Å². The summed E-state index contributed by atoms with van der Waals surface area (Å²) in [4.78, 5) is 0. The lowest BCUT2D eigenvalue weighted by atomic mass is 9.84. The smallest absolute Gasteiger partial charge is 0.0438 e. The highest BCUT2D eigenvalue weighted by molar-refractivity contribution is 6.31. The molecule has 2 N–H and O–H groups in total. The average molecular weight is 238 g/mol. The van der Waals surface area contributed by atoms with Gasteiger partial charge in [0.2, 0.25) is 0 Å². The van der Waals surface area contributed by atoms with Gasteiger partial charge in [-0.2, -0.15) is 0 Å². The van der Waals surface area contributed by atoms with Crippen LogP contribution in [0.25, 0.3) is 0 Å². The van der Waals surface area contributed by atoms with Crippen LogP contribution >= 0.6 is 11.6 Å². The molecule has 1 aliphatic rings. The van der Waals surface area contributed by atoms with Crippen molar-refractivity contribution in [1.29, 1.82) is 0 Å². The zero-order valence-electron chi connectivity index (χ0n) is 10.3. The van der Waals surface area contributed by atoms with E-state index in [0.717, 1.165) is 23.4 Å². The zero-order chi connectivity index (χ0) is 12.0. The second kappa shape index (κ2) is 3.75. The Hall–Kier alpha value is -0.530. The highest BCUT2D eigenvalue weighted by Gasteiger charge is 2.41. The van der Waals surface area contributed by atoms with E-state index in [4.69, 9.17) is 17.3 Å². The topological polar surface area (TPSA) is 26.0 Å². The van der Waals surface area contributed by atoms with Crippen LogP contribution in [0.1, 0.15) is 44.2 Å². The maximum Gasteiger partial charge on any atom is 0.0438 e. The van der Waals surface area contributed by atoms with Crippen LogP contribution in [0.2, 0.25) is 5.02 Å². The summed E-state index contributed by atoms with van der Waals surface area (Å²) in [5.41, 5.74) is 9.00. The summed E-state index contributed by atoms with van der Waals surface area (Å²) >= 11 is 6.17. The predicted octanol–water partition coefficient (Wildman–Crippen LogP) is 4.01. The van der Waals surface area contributed by atoms with Crippen molar-refractivity contribution in [2.24, 2.45) is 11.1 Å². The molecule has 1 aliphatic carbocycles. The van der Waals surface area contributed by atoms with Crippen molar-refractivity contribution in [3.05, 3.63) is 34.3 Å². The number of rotatable bonds is 1. The van der Waals surface area contributed by atoms with Crippen LogP contribution in [0.3, 0.4) is 0 Å². The molecule has 1 atom stereocenters. The van der Waals surface area contributed by atoms with E-state index >= 15 is 0 Å². The third-order valence-electron chi connectivity index (χ3n) is 3.79. The van der Waals surface area contributed by atoms with E-state index in [-0.39, 0.29) is 5.54 Å². The van der Waals surface area contributed by atoms with E-state index in [2.05, 4.69) is 26.0 Å². The van der Waals surface area contributed by atoms with E-state index < -0.39 is 0 Å². The van der Waals surface area contributed by atoms with Gasteiger partial charge >= 0.3 is 0 Å². The summed E-state index contributed by atoms with van der Waals surface area (Å²) in [7, 11) is 0. The number of halogens is 1. The predicted molar refractivity (Wildman–Crippen MR) is 69.7 cm³/mol.